The average Bonchev–Trinajstić information content (AvgIpc) is 3.13. The Morgan fingerprint density at radius 3 is 2.54 bits per heavy atom. The summed E-state index contributed by atoms with van der Waals surface area (Å²) >= 11 is 1.10. The molecule has 1 amide bonds. The quantitative estimate of drug-likeness (QED) is 0.862. The standard InChI is InChI=1S/C17H19N3O3S/c1-23-17(22)14-7-6-13(24-14)16(21)19-15-8-5-12(11-18-15)20-9-3-2-4-10-20/h5-8,11H,2-4,9-10H2,1H3,(H,18,19,21). The molecule has 0 unspecified atom stereocenters. The van der Waals surface area contributed by atoms with E-state index in [1.54, 1.807) is 24.4 Å². The number of methoxy groups -OCH3 is 1. The first-order chi connectivity index (χ1) is 11.7. The number of pyridine rings is 1. The second-order valence-corrected chi connectivity index (χ2v) is 6.64. The normalized spacial score (nSPS) is 14.3. The van der Waals surface area contributed by atoms with E-state index in [1.807, 2.05) is 6.07 Å². The Balaban J connectivity index is 1.63. The first-order valence-corrected chi connectivity index (χ1v) is 8.69. The lowest BCUT2D eigenvalue weighted by Crippen LogP contribution is -2.29. The number of amides is 1. The van der Waals surface area contributed by atoms with Crippen LogP contribution in [0.25, 0.3) is 0 Å². The summed E-state index contributed by atoms with van der Waals surface area (Å²) in [5.74, 6) is -0.231. The van der Waals surface area contributed by atoms with Gasteiger partial charge < -0.3 is 15.0 Å². The molecule has 0 spiro atoms. The highest BCUT2D eigenvalue weighted by atomic mass is 32.1. The van der Waals surface area contributed by atoms with Crippen molar-refractivity contribution in [3.05, 3.63) is 40.2 Å². The molecule has 0 saturated carbocycles. The monoisotopic (exact) mass is 345 g/mol. The largest absolute Gasteiger partial charge is 0.465 e. The van der Waals surface area contributed by atoms with Gasteiger partial charge in [0.25, 0.3) is 5.91 Å². The van der Waals surface area contributed by atoms with Crippen LogP contribution in [0.5, 0.6) is 0 Å². The molecule has 0 atom stereocenters. The SMILES string of the molecule is COC(=O)c1ccc(C(=O)Nc2ccc(N3CCCCC3)cn2)s1. The van der Waals surface area contributed by atoms with Gasteiger partial charge in [0.15, 0.2) is 0 Å². The van der Waals surface area contributed by atoms with Gasteiger partial charge in [-0.05, 0) is 43.5 Å². The fraction of sp³-hybridized carbons (Fsp3) is 0.353. The second kappa shape index (κ2) is 7.44. The highest BCUT2D eigenvalue weighted by Gasteiger charge is 2.15. The van der Waals surface area contributed by atoms with Crippen molar-refractivity contribution >= 4 is 34.7 Å². The molecule has 3 rings (SSSR count). The number of nitrogens with zero attached hydrogens (tertiary/aromatic N) is 2. The summed E-state index contributed by atoms with van der Waals surface area (Å²) in [6.07, 6.45) is 5.49. The van der Waals surface area contributed by atoms with Gasteiger partial charge in [0.1, 0.15) is 10.7 Å². The fourth-order valence-corrected chi connectivity index (χ4v) is 3.47. The van der Waals surface area contributed by atoms with Gasteiger partial charge in [0, 0.05) is 13.1 Å². The fourth-order valence-electron chi connectivity index (χ4n) is 2.65. The molecule has 7 heteroatoms. The van der Waals surface area contributed by atoms with Crippen molar-refractivity contribution in [3.8, 4) is 0 Å². The van der Waals surface area contributed by atoms with E-state index in [9.17, 15) is 9.59 Å². The summed E-state index contributed by atoms with van der Waals surface area (Å²) in [6, 6.07) is 6.96. The highest BCUT2D eigenvalue weighted by Crippen LogP contribution is 2.21. The summed E-state index contributed by atoms with van der Waals surface area (Å²) in [6.45, 7) is 2.11. The molecular weight excluding hydrogens is 326 g/mol. The summed E-state index contributed by atoms with van der Waals surface area (Å²) < 4.78 is 4.64. The first kappa shape index (κ1) is 16.4. The molecular formula is C17H19N3O3S. The zero-order valence-electron chi connectivity index (χ0n) is 13.4. The van der Waals surface area contributed by atoms with Crippen LogP contribution in [-0.2, 0) is 4.74 Å². The molecule has 126 valence electrons. The zero-order chi connectivity index (χ0) is 16.9. The van der Waals surface area contributed by atoms with Crippen molar-refractivity contribution in [2.45, 2.75) is 19.3 Å². The molecule has 1 N–H and O–H groups in total. The van der Waals surface area contributed by atoms with E-state index < -0.39 is 5.97 Å². The van der Waals surface area contributed by atoms with Crippen LogP contribution in [-0.4, -0.2) is 37.1 Å². The van der Waals surface area contributed by atoms with Crippen LogP contribution in [0.2, 0.25) is 0 Å². The maximum absolute atomic E-state index is 12.2. The molecule has 6 nitrogen and oxygen atoms in total. The lowest BCUT2D eigenvalue weighted by molar-refractivity contribution is 0.0606. The van der Waals surface area contributed by atoms with E-state index in [2.05, 4.69) is 19.9 Å². The number of anilines is 2. The lowest BCUT2D eigenvalue weighted by Gasteiger charge is -2.28. The highest BCUT2D eigenvalue weighted by molar-refractivity contribution is 7.16. The molecule has 2 aromatic heterocycles. The van der Waals surface area contributed by atoms with Crippen LogP contribution in [0, 0.1) is 0 Å². The van der Waals surface area contributed by atoms with E-state index in [0.717, 1.165) is 30.1 Å². The molecule has 1 fully saturated rings. The Morgan fingerprint density at radius 1 is 1.12 bits per heavy atom. The van der Waals surface area contributed by atoms with Crippen LogP contribution >= 0.6 is 11.3 Å². The van der Waals surface area contributed by atoms with Crippen molar-refractivity contribution in [2.24, 2.45) is 0 Å². The molecule has 1 aliphatic heterocycles. The third kappa shape index (κ3) is 3.73. The van der Waals surface area contributed by atoms with Crippen molar-refractivity contribution in [3.63, 3.8) is 0 Å². The second-order valence-electron chi connectivity index (χ2n) is 5.56. The molecule has 0 aromatic carbocycles. The Labute approximate surface area is 144 Å². The van der Waals surface area contributed by atoms with Gasteiger partial charge >= 0.3 is 5.97 Å². The summed E-state index contributed by atoms with van der Waals surface area (Å²) in [4.78, 5) is 31.1. The number of carbonyl (C=O) groups excluding carboxylic acids is 2. The van der Waals surface area contributed by atoms with Gasteiger partial charge in [-0.3, -0.25) is 4.79 Å². The molecule has 2 aromatic rings. The van der Waals surface area contributed by atoms with Gasteiger partial charge in [0.05, 0.1) is 23.9 Å². The first-order valence-electron chi connectivity index (χ1n) is 7.88. The van der Waals surface area contributed by atoms with Crippen LogP contribution in [0.1, 0.15) is 38.6 Å². The molecule has 0 aliphatic carbocycles. The predicted molar refractivity (Wildman–Crippen MR) is 93.9 cm³/mol. The smallest absolute Gasteiger partial charge is 0.348 e. The number of hydrogen-bond donors (Lipinski definition) is 1. The summed E-state index contributed by atoms with van der Waals surface area (Å²) in [5, 5.41) is 2.75. The van der Waals surface area contributed by atoms with Crippen molar-refractivity contribution < 1.29 is 14.3 Å². The molecule has 3 heterocycles. The minimum atomic E-state index is -0.442. The van der Waals surface area contributed by atoms with Crippen LogP contribution in [0.3, 0.4) is 0 Å². The Morgan fingerprint density at radius 2 is 1.88 bits per heavy atom. The number of hydrogen-bond acceptors (Lipinski definition) is 6. The molecule has 0 radical (unpaired) electrons. The number of piperidine rings is 1. The summed E-state index contributed by atoms with van der Waals surface area (Å²) in [7, 11) is 1.32. The Kier molecular flexibility index (Phi) is 5.10. The lowest BCUT2D eigenvalue weighted by atomic mass is 10.1. The van der Waals surface area contributed by atoms with E-state index in [-0.39, 0.29) is 5.91 Å². The molecule has 1 saturated heterocycles. The minimum Gasteiger partial charge on any atom is -0.465 e. The topological polar surface area (TPSA) is 71.5 Å². The van der Waals surface area contributed by atoms with Crippen molar-refractivity contribution in [1.29, 1.82) is 0 Å². The number of carbonyl (C=O) groups is 2. The van der Waals surface area contributed by atoms with E-state index in [4.69, 9.17) is 0 Å². The van der Waals surface area contributed by atoms with Gasteiger partial charge in [-0.2, -0.15) is 0 Å². The number of esters is 1. The van der Waals surface area contributed by atoms with Crippen LogP contribution < -0.4 is 10.2 Å². The zero-order valence-corrected chi connectivity index (χ0v) is 14.3. The number of ether oxygens (including phenoxy) is 1. The number of rotatable bonds is 4. The van der Waals surface area contributed by atoms with Gasteiger partial charge in [-0.15, -0.1) is 11.3 Å². The maximum atomic E-state index is 12.2. The van der Waals surface area contributed by atoms with Crippen molar-refractivity contribution in [1.82, 2.24) is 4.98 Å². The third-order valence-corrected chi connectivity index (χ3v) is 4.99. The van der Waals surface area contributed by atoms with Gasteiger partial charge in [0.2, 0.25) is 0 Å². The van der Waals surface area contributed by atoms with Gasteiger partial charge in [-0.25, -0.2) is 9.78 Å². The maximum Gasteiger partial charge on any atom is 0.348 e. The van der Waals surface area contributed by atoms with E-state index in [1.165, 1.54) is 26.4 Å². The minimum absolute atomic E-state index is 0.284. The van der Waals surface area contributed by atoms with Gasteiger partial charge in [-0.1, -0.05) is 0 Å². The van der Waals surface area contributed by atoms with E-state index >= 15 is 0 Å². The average molecular weight is 345 g/mol. The molecule has 1 aliphatic rings. The number of aromatic nitrogens is 1. The molecule has 0 bridgehead atoms. The third-order valence-electron chi connectivity index (χ3n) is 3.93. The number of thiophene rings is 1. The predicted octanol–water partition coefficient (Wildman–Crippen LogP) is 3.17. The van der Waals surface area contributed by atoms with Crippen molar-refractivity contribution in [2.75, 3.05) is 30.4 Å². The van der Waals surface area contributed by atoms with Crippen LogP contribution in [0.4, 0.5) is 11.5 Å². The van der Waals surface area contributed by atoms with Crippen LogP contribution in [0.15, 0.2) is 30.5 Å². The summed E-state index contributed by atoms with van der Waals surface area (Å²) in [5.41, 5.74) is 1.08. The Bertz CT molecular complexity index is 721. The molecule has 24 heavy (non-hydrogen) atoms. The number of nitrogens with one attached hydrogen (secondary N) is 1. The Hall–Kier alpha value is -2.41. The van der Waals surface area contributed by atoms with E-state index in [0.29, 0.717) is 15.6 Å².